The van der Waals surface area contributed by atoms with Crippen LogP contribution in [0.4, 0.5) is 0 Å². The summed E-state index contributed by atoms with van der Waals surface area (Å²) < 4.78 is 28.6. The van der Waals surface area contributed by atoms with Gasteiger partial charge in [-0.15, -0.1) is 0 Å². The van der Waals surface area contributed by atoms with Crippen LogP contribution in [0, 0.1) is 10.8 Å². The third kappa shape index (κ3) is 2.63. The van der Waals surface area contributed by atoms with Crippen LogP contribution in [0.5, 0.6) is 0 Å². The Bertz CT molecular complexity index is 495. The third-order valence-electron chi connectivity index (χ3n) is 3.82. The Morgan fingerprint density at radius 1 is 1.05 bits per heavy atom. The Labute approximate surface area is 132 Å². The van der Waals surface area contributed by atoms with Crippen LogP contribution < -0.4 is 0 Å². The van der Waals surface area contributed by atoms with Gasteiger partial charge >= 0.3 is 0 Å². The normalized spacial score (nSPS) is 47.0. The molecule has 3 heterocycles. The van der Waals surface area contributed by atoms with Crippen molar-refractivity contribution in [3.63, 3.8) is 0 Å². The highest BCUT2D eigenvalue weighted by Crippen LogP contribution is 2.45. The number of fused-ring (bicyclic) bond motifs is 1. The van der Waals surface area contributed by atoms with E-state index in [9.17, 15) is 5.11 Å². The summed E-state index contributed by atoms with van der Waals surface area (Å²) in [6, 6.07) is 0. The van der Waals surface area contributed by atoms with E-state index >= 15 is 0 Å². The van der Waals surface area contributed by atoms with E-state index in [1.165, 1.54) is 0 Å². The van der Waals surface area contributed by atoms with Crippen molar-refractivity contribution in [3.05, 3.63) is 0 Å². The Kier molecular flexibility index (Phi) is 3.66. The first-order chi connectivity index (χ1) is 9.67. The molecule has 6 nitrogen and oxygen atoms in total. The highest BCUT2D eigenvalue weighted by atomic mass is 79.9. The van der Waals surface area contributed by atoms with Crippen LogP contribution in [0.15, 0.2) is 0 Å². The van der Waals surface area contributed by atoms with Gasteiger partial charge in [-0.1, -0.05) is 0 Å². The van der Waals surface area contributed by atoms with E-state index in [0.29, 0.717) is 6.61 Å². The van der Waals surface area contributed by atoms with Gasteiger partial charge in [0.1, 0.15) is 12.2 Å². The highest BCUT2D eigenvalue weighted by molar-refractivity contribution is 9.12. The summed E-state index contributed by atoms with van der Waals surface area (Å²) in [4.78, 5) is 2.56. The lowest BCUT2D eigenvalue weighted by molar-refractivity contribution is -0.240. The summed E-state index contributed by atoms with van der Waals surface area (Å²) in [5.41, 5.74) is -1.53. The van der Waals surface area contributed by atoms with Crippen LogP contribution in [0.25, 0.3) is 0 Å². The zero-order valence-corrected chi connectivity index (χ0v) is 14.0. The number of halogens is 1. The molecule has 0 amide bonds. The van der Waals surface area contributed by atoms with E-state index in [-0.39, 0.29) is 0 Å². The van der Waals surface area contributed by atoms with E-state index in [0.717, 1.165) is 0 Å². The van der Waals surface area contributed by atoms with Crippen molar-refractivity contribution in [1.29, 1.82) is 0 Å². The van der Waals surface area contributed by atoms with Crippen molar-refractivity contribution in [1.82, 2.24) is 0 Å². The van der Waals surface area contributed by atoms with E-state index in [1.54, 1.807) is 13.8 Å². The molecule has 0 unspecified atom stereocenters. The van der Waals surface area contributed by atoms with Gasteiger partial charge in [-0.05, 0) is 38.4 Å². The SMILES string of the molecule is CC1(C)OC[C@H]([C@H]2O[C@@H]3OC(C)(C)O[C@@H]3[C@@]2(O)C#CBr)O1. The maximum absolute atomic E-state index is 11.0. The first-order valence-corrected chi connectivity index (χ1v) is 7.64. The number of ether oxygens (including phenoxy) is 5. The molecule has 7 heteroatoms. The van der Waals surface area contributed by atoms with E-state index in [1.807, 2.05) is 13.8 Å². The molecule has 1 N–H and O–H groups in total. The van der Waals surface area contributed by atoms with Crippen molar-refractivity contribution < 1.29 is 28.8 Å². The Balaban J connectivity index is 1.87. The maximum atomic E-state index is 11.0. The second-order valence-corrected chi connectivity index (χ2v) is 6.79. The standard InChI is InChI=1S/C14H19BrO6/c1-12(2)17-7-8(19-12)9-14(16,5-6-15)10-11(18-9)21-13(3,4)20-10/h8-11,16H,7H2,1-4H3/t8-,9-,10+,11-,14-/m1/s1. The first kappa shape index (κ1) is 15.7. The summed E-state index contributed by atoms with van der Waals surface area (Å²) in [7, 11) is 0. The summed E-state index contributed by atoms with van der Waals surface area (Å²) in [5.74, 6) is 1.20. The second-order valence-electron chi connectivity index (χ2n) is 6.39. The van der Waals surface area contributed by atoms with Gasteiger partial charge in [0.2, 0.25) is 0 Å². The molecule has 0 aliphatic carbocycles. The Morgan fingerprint density at radius 2 is 1.76 bits per heavy atom. The highest BCUT2D eigenvalue weighted by Gasteiger charge is 2.65. The lowest BCUT2D eigenvalue weighted by atomic mass is 9.90. The van der Waals surface area contributed by atoms with Gasteiger partial charge in [0, 0.05) is 15.9 Å². The largest absolute Gasteiger partial charge is 0.372 e. The summed E-state index contributed by atoms with van der Waals surface area (Å²) in [6.07, 6.45) is -2.54. The molecule has 3 fully saturated rings. The molecule has 0 aromatic carbocycles. The fourth-order valence-electron chi connectivity index (χ4n) is 2.99. The molecule has 0 spiro atoms. The molecular formula is C14H19BrO6. The molecule has 3 rings (SSSR count). The van der Waals surface area contributed by atoms with E-state index in [2.05, 4.69) is 26.7 Å². The summed E-state index contributed by atoms with van der Waals surface area (Å²) >= 11 is 3.03. The summed E-state index contributed by atoms with van der Waals surface area (Å²) in [6.45, 7) is 7.48. The molecule has 3 saturated heterocycles. The quantitative estimate of drug-likeness (QED) is 0.704. The van der Waals surface area contributed by atoms with Crippen LogP contribution in [0.3, 0.4) is 0 Å². The van der Waals surface area contributed by atoms with Gasteiger partial charge in [-0.3, -0.25) is 0 Å². The smallest absolute Gasteiger partial charge is 0.191 e. The molecule has 0 saturated carbocycles. The van der Waals surface area contributed by atoms with Crippen LogP contribution >= 0.6 is 15.9 Å². The molecule has 0 radical (unpaired) electrons. The fourth-order valence-corrected chi connectivity index (χ4v) is 3.31. The molecule has 0 bridgehead atoms. The average molecular weight is 363 g/mol. The molecule has 118 valence electrons. The van der Waals surface area contributed by atoms with Gasteiger partial charge in [-0.25, -0.2) is 0 Å². The van der Waals surface area contributed by atoms with Gasteiger partial charge in [0.05, 0.1) is 6.61 Å². The molecule has 3 aliphatic heterocycles. The van der Waals surface area contributed by atoms with Gasteiger partial charge < -0.3 is 28.8 Å². The van der Waals surface area contributed by atoms with E-state index in [4.69, 9.17) is 23.7 Å². The number of hydrogen-bond acceptors (Lipinski definition) is 6. The fraction of sp³-hybridized carbons (Fsp3) is 0.857. The predicted molar refractivity (Wildman–Crippen MR) is 75.3 cm³/mol. The molecule has 5 atom stereocenters. The monoisotopic (exact) mass is 362 g/mol. The van der Waals surface area contributed by atoms with Crippen LogP contribution in [0.2, 0.25) is 0 Å². The van der Waals surface area contributed by atoms with Crippen molar-refractivity contribution >= 4 is 15.9 Å². The van der Waals surface area contributed by atoms with E-state index < -0.39 is 41.8 Å². The zero-order chi connectivity index (χ0) is 15.5. The third-order valence-corrected chi connectivity index (χ3v) is 4.02. The lowest BCUT2D eigenvalue weighted by Gasteiger charge is -2.32. The molecular weight excluding hydrogens is 344 g/mol. The van der Waals surface area contributed by atoms with Crippen LogP contribution in [-0.2, 0) is 23.7 Å². The number of hydrogen-bond donors (Lipinski definition) is 1. The average Bonchev–Trinajstić information content (AvgIpc) is 2.92. The second kappa shape index (κ2) is 4.90. The van der Waals surface area contributed by atoms with Gasteiger partial charge in [0.25, 0.3) is 0 Å². The van der Waals surface area contributed by atoms with Gasteiger partial charge in [-0.2, -0.15) is 0 Å². The zero-order valence-electron chi connectivity index (χ0n) is 12.4. The van der Waals surface area contributed by atoms with Crippen molar-refractivity contribution in [2.75, 3.05) is 6.61 Å². The molecule has 21 heavy (non-hydrogen) atoms. The topological polar surface area (TPSA) is 66.4 Å². The van der Waals surface area contributed by atoms with Crippen LogP contribution in [-0.4, -0.2) is 53.5 Å². The predicted octanol–water partition coefficient (Wildman–Crippen LogP) is 1.10. The minimum atomic E-state index is -1.53. The maximum Gasteiger partial charge on any atom is 0.191 e. The van der Waals surface area contributed by atoms with Gasteiger partial charge in [0.15, 0.2) is 29.6 Å². The van der Waals surface area contributed by atoms with Crippen molar-refractivity contribution in [2.24, 2.45) is 0 Å². The lowest BCUT2D eigenvalue weighted by Crippen LogP contribution is -2.53. The molecule has 0 aromatic heterocycles. The van der Waals surface area contributed by atoms with Crippen LogP contribution in [0.1, 0.15) is 27.7 Å². The number of aliphatic hydroxyl groups is 1. The summed E-state index contributed by atoms with van der Waals surface area (Å²) in [5, 5.41) is 11.0. The Hall–Kier alpha value is -0.200. The van der Waals surface area contributed by atoms with Crippen molar-refractivity contribution in [3.8, 4) is 10.8 Å². The molecule has 3 aliphatic rings. The minimum Gasteiger partial charge on any atom is -0.372 e. The Morgan fingerprint density at radius 3 is 2.33 bits per heavy atom. The first-order valence-electron chi connectivity index (χ1n) is 6.85. The number of rotatable bonds is 1. The van der Waals surface area contributed by atoms with Crippen molar-refractivity contribution in [2.45, 2.75) is 69.5 Å². The minimum absolute atomic E-state index is 0.312. The molecule has 0 aromatic rings.